The van der Waals surface area contributed by atoms with Gasteiger partial charge >= 0.3 is 0 Å². The van der Waals surface area contributed by atoms with E-state index in [9.17, 15) is 4.79 Å². The first-order valence-corrected chi connectivity index (χ1v) is 9.57. The maximum absolute atomic E-state index is 12.1. The largest absolute Gasteiger partial charge is 0.493 e. The van der Waals surface area contributed by atoms with Crippen LogP contribution in [0.15, 0.2) is 42.5 Å². The molecule has 0 spiro atoms. The number of hydrogen-bond acceptors (Lipinski definition) is 5. The molecule has 160 valence electrons. The molecule has 0 aliphatic carbocycles. The molecule has 0 bridgehead atoms. The Labute approximate surface area is 179 Å². The van der Waals surface area contributed by atoms with Gasteiger partial charge in [-0.1, -0.05) is 23.8 Å². The van der Waals surface area contributed by atoms with Crippen LogP contribution in [0.5, 0.6) is 11.5 Å². The minimum absolute atomic E-state index is 0. The van der Waals surface area contributed by atoms with Crippen molar-refractivity contribution < 1.29 is 19.0 Å². The van der Waals surface area contributed by atoms with E-state index in [1.807, 2.05) is 56.3 Å². The summed E-state index contributed by atoms with van der Waals surface area (Å²) in [6, 6.07) is 13.3. The first kappa shape index (κ1) is 24.8. The Balaban J connectivity index is 0.00000420. The second-order valence-corrected chi connectivity index (χ2v) is 6.42. The minimum atomic E-state index is -0.217. The van der Waals surface area contributed by atoms with Gasteiger partial charge < -0.3 is 24.8 Å². The van der Waals surface area contributed by atoms with E-state index in [1.165, 1.54) is 0 Å². The molecule has 0 saturated heterocycles. The van der Waals surface area contributed by atoms with Gasteiger partial charge in [0.1, 0.15) is 0 Å². The quantitative estimate of drug-likeness (QED) is 0.507. The lowest BCUT2D eigenvalue weighted by molar-refractivity contribution is -0.118. The number of hydrogen-bond donors (Lipinski definition) is 2. The summed E-state index contributed by atoms with van der Waals surface area (Å²) in [5, 5.41) is 6.18. The highest BCUT2D eigenvalue weighted by molar-refractivity contribution is 5.91. The fourth-order valence-corrected chi connectivity index (χ4v) is 2.59. The molecule has 0 aromatic heterocycles. The van der Waals surface area contributed by atoms with Crippen molar-refractivity contribution >= 4 is 24.0 Å². The lowest BCUT2D eigenvalue weighted by Crippen LogP contribution is -2.20. The third-order valence-electron chi connectivity index (χ3n) is 4.10. The number of anilines is 1. The number of aryl methyl sites for hydroxylation is 1. The first-order valence-electron chi connectivity index (χ1n) is 9.57. The average molecular weight is 423 g/mol. The van der Waals surface area contributed by atoms with Gasteiger partial charge in [-0.15, -0.1) is 12.4 Å². The molecule has 0 fully saturated rings. The van der Waals surface area contributed by atoms with Crippen molar-refractivity contribution in [1.82, 2.24) is 5.32 Å². The number of rotatable bonds is 12. The van der Waals surface area contributed by atoms with E-state index in [2.05, 4.69) is 10.6 Å². The van der Waals surface area contributed by atoms with Gasteiger partial charge in [0.15, 0.2) is 18.1 Å². The van der Waals surface area contributed by atoms with Gasteiger partial charge in [-0.3, -0.25) is 4.79 Å². The number of carbonyl (C=O) groups excluding carboxylic acids is 1. The predicted octanol–water partition coefficient (Wildman–Crippen LogP) is 3.96. The van der Waals surface area contributed by atoms with Crippen molar-refractivity contribution in [2.45, 2.75) is 26.8 Å². The van der Waals surface area contributed by atoms with Crippen molar-refractivity contribution in [2.75, 3.05) is 38.8 Å². The third-order valence-corrected chi connectivity index (χ3v) is 4.10. The molecule has 29 heavy (non-hydrogen) atoms. The predicted molar refractivity (Wildman–Crippen MR) is 118 cm³/mol. The van der Waals surface area contributed by atoms with E-state index in [1.54, 1.807) is 7.11 Å². The summed E-state index contributed by atoms with van der Waals surface area (Å²) in [4.78, 5) is 12.1. The molecule has 0 radical (unpaired) electrons. The second kappa shape index (κ2) is 13.8. The van der Waals surface area contributed by atoms with E-state index in [4.69, 9.17) is 14.2 Å². The van der Waals surface area contributed by atoms with Crippen LogP contribution < -0.4 is 20.1 Å². The van der Waals surface area contributed by atoms with E-state index in [0.29, 0.717) is 11.5 Å². The Bertz CT molecular complexity index is 738. The smallest absolute Gasteiger partial charge is 0.262 e. The van der Waals surface area contributed by atoms with E-state index in [-0.39, 0.29) is 24.9 Å². The van der Waals surface area contributed by atoms with E-state index in [0.717, 1.165) is 49.5 Å². The molecule has 0 aliphatic rings. The Morgan fingerprint density at radius 3 is 2.52 bits per heavy atom. The van der Waals surface area contributed by atoms with Gasteiger partial charge in [-0.05, 0) is 56.6 Å². The van der Waals surface area contributed by atoms with Crippen molar-refractivity contribution in [3.8, 4) is 11.5 Å². The van der Waals surface area contributed by atoms with Crippen LogP contribution in [0.25, 0.3) is 0 Å². The lowest BCUT2D eigenvalue weighted by atomic mass is 10.2. The Morgan fingerprint density at radius 2 is 1.83 bits per heavy atom. The molecule has 1 amide bonds. The van der Waals surface area contributed by atoms with Gasteiger partial charge in [0.2, 0.25) is 0 Å². The summed E-state index contributed by atoms with van der Waals surface area (Å²) in [7, 11) is 1.59. The van der Waals surface area contributed by atoms with Crippen molar-refractivity contribution in [3.05, 3.63) is 53.6 Å². The lowest BCUT2D eigenvalue weighted by Gasteiger charge is -2.13. The molecular formula is C22H31ClN2O4. The van der Waals surface area contributed by atoms with Crippen LogP contribution in [0.3, 0.4) is 0 Å². The summed E-state index contributed by atoms with van der Waals surface area (Å²) < 4.78 is 16.4. The second-order valence-electron chi connectivity index (χ2n) is 6.42. The zero-order valence-electron chi connectivity index (χ0n) is 17.3. The number of methoxy groups -OCH3 is 1. The maximum Gasteiger partial charge on any atom is 0.262 e. The summed E-state index contributed by atoms with van der Waals surface area (Å²) in [5.74, 6) is 0.935. The van der Waals surface area contributed by atoms with Crippen LogP contribution in [-0.4, -0.2) is 39.4 Å². The van der Waals surface area contributed by atoms with E-state index < -0.39 is 0 Å². The molecule has 0 unspecified atom stereocenters. The standard InChI is InChI=1S/C22H30N2O4.ClH/c1-4-27-13-5-12-23-15-18-8-11-20(21(14-18)26-3)28-16-22(25)24-19-9-6-17(2)7-10-19;/h6-11,14,23H,4-5,12-13,15-16H2,1-3H3,(H,24,25);1H. The molecule has 2 N–H and O–H groups in total. The highest BCUT2D eigenvalue weighted by Gasteiger charge is 2.09. The van der Waals surface area contributed by atoms with Crippen LogP contribution in [0.1, 0.15) is 24.5 Å². The highest BCUT2D eigenvalue weighted by Crippen LogP contribution is 2.28. The molecule has 0 atom stereocenters. The molecule has 2 aromatic rings. The zero-order chi connectivity index (χ0) is 20.2. The third kappa shape index (κ3) is 9.17. The van der Waals surface area contributed by atoms with Crippen LogP contribution in [0.4, 0.5) is 5.69 Å². The van der Waals surface area contributed by atoms with Crippen LogP contribution in [0.2, 0.25) is 0 Å². The van der Waals surface area contributed by atoms with Gasteiger partial charge in [-0.2, -0.15) is 0 Å². The van der Waals surface area contributed by atoms with Crippen LogP contribution in [0, 0.1) is 6.92 Å². The number of nitrogens with one attached hydrogen (secondary N) is 2. The normalized spacial score (nSPS) is 10.2. The topological polar surface area (TPSA) is 68.8 Å². The van der Waals surface area contributed by atoms with Gasteiger partial charge in [0.25, 0.3) is 5.91 Å². The Hall–Kier alpha value is -2.28. The Kier molecular flexibility index (Phi) is 11.8. The van der Waals surface area contributed by atoms with Crippen LogP contribution >= 0.6 is 12.4 Å². The highest BCUT2D eigenvalue weighted by atomic mass is 35.5. The van der Waals surface area contributed by atoms with Crippen molar-refractivity contribution in [3.63, 3.8) is 0 Å². The molecule has 0 aliphatic heterocycles. The molecule has 7 heteroatoms. The molecule has 6 nitrogen and oxygen atoms in total. The van der Waals surface area contributed by atoms with Gasteiger partial charge in [0.05, 0.1) is 7.11 Å². The fraction of sp³-hybridized carbons (Fsp3) is 0.409. The maximum atomic E-state index is 12.1. The number of benzene rings is 2. The minimum Gasteiger partial charge on any atom is -0.493 e. The summed E-state index contributed by atoms with van der Waals surface area (Å²) in [6.07, 6.45) is 0.974. The monoisotopic (exact) mass is 422 g/mol. The van der Waals surface area contributed by atoms with Gasteiger partial charge in [-0.25, -0.2) is 0 Å². The van der Waals surface area contributed by atoms with E-state index >= 15 is 0 Å². The molecule has 0 heterocycles. The van der Waals surface area contributed by atoms with Gasteiger partial charge in [0, 0.05) is 25.4 Å². The summed E-state index contributed by atoms with van der Waals surface area (Å²) in [6.45, 7) is 7.05. The summed E-state index contributed by atoms with van der Waals surface area (Å²) >= 11 is 0. The van der Waals surface area contributed by atoms with Crippen LogP contribution in [-0.2, 0) is 16.1 Å². The average Bonchev–Trinajstić information content (AvgIpc) is 2.71. The summed E-state index contributed by atoms with van der Waals surface area (Å²) in [5.41, 5.74) is 2.98. The fourth-order valence-electron chi connectivity index (χ4n) is 2.59. The number of carbonyl (C=O) groups is 1. The molecular weight excluding hydrogens is 392 g/mol. The SMILES string of the molecule is CCOCCCNCc1ccc(OCC(=O)Nc2ccc(C)cc2)c(OC)c1.Cl. The number of amides is 1. The van der Waals surface area contributed by atoms with Crippen molar-refractivity contribution in [2.24, 2.45) is 0 Å². The first-order chi connectivity index (χ1) is 13.6. The number of halogens is 1. The van der Waals surface area contributed by atoms with Crippen molar-refractivity contribution in [1.29, 1.82) is 0 Å². The number of ether oxygens (including phenoxy) is 3. The molecule has 2 rings (SSSR count). The Morgan fingerprint density at radius 1 is 1.07 bits per heavy atom. The molecule has 2 aromatic carbocycles. The zero-order valence-corrected chi connectivity index (χ0v) is 18.1. The molecule has 0 saturated carbocycles.